The predicted molar refractivity (Wildman–Crippen MR) is 87.4 cm³/mol. The molecule has 0 spiro atoms. The molecule has 122 valence electrons. The molecular weight excluding hydrogens is 262 g/mol. The van der Waals surface area contributed by atoms with Crippen molar-refractivity contribution in [2.75, 3.05) is 26.7 Å². The van der Waals surface area contributed by atoms with Crippen LogP contribution >= 0.6 is 0 Å². The first kappa shape index (κ1) is 16.8. The summed E-state index contributed by atoms with van der Waals surface area (Å²) < 4.78 is 0. The molecule has 2 fully saturated rings. The zero-order valence-corrected chi connectivity index (χ0v) is 14.1. The maximum absolute atomic E-state index is 12.8. The van der Waals surface area contributed by atoms with Crippen LogP contribution in [0.2, 0.25) is 0 Å². The highest BCUT2D eigenvalue weighted by Crippen LogP contribution is 2.24. The molecule has 1 aliphatic heterocycles. The third-order valence-electron chi connectivity index (χ3n) is 5.13. The predicted octanol–water partition coefficient (Wildman–Crippen LogP) is 2.24. The molecule has 0 aromatic rings. The van der Waals surface area contributed by atoms with Crippen molar-refractivity contribution in [1.29, 1.82) is 0 Å². The summed E-state index contributed by atoms with van der Waals surface area (Å²) in [5.41, 5.74) is 0. The summed E-state index contributed by atoms with van der Waals surface area (Å²) in [5, 5.41) is 3.39. The first-order chi connectivity index (χ1) is 10.1. The van der Waals surface area contributed by atoms with Crippen molar-refractivity contribution < 1.29 is 4.79 Å². The van der Waals surface area contributed by atoms with E-state index in [-0.39, 0.29) is 0 Å². The molecular formula is C17H33N3O. The van der Waals surface area contributed by atoms with Crippen molar-refractivity contribution in [3.8, 4) is 0 Å². The number of piperidine rings is 1. The van der Waals surface area contributed by atoms with Gasteiger partial charge in [0.05, 0.1) is 6.54 Å². The van der Waals surface area contributed by atoms with Gasteiger partial charge in [-0.15, -0.1) is 0 Å². The Morgan fingerprint density at radius 1 is 1.05 bits per heavy atom. The van der Waals surface area contributed by atoms with Gasteiger partial charge in [0.15, 0.2) is 0 Å². The van der Waals surface area contributed by atoms with E-state index in [9.17, 15) is 4.79 Å². The maximum atomic E-state index is 12.8. The second-order valence-electron chi connectivity index (χ2n) is 7.08. The van der Waals surface area contributed by atoms with Gasteiger partial charge in [0.1, 0.15) is 0 Å². The average molecular weight is 295 g/mol. The largest absolute Gasteiger partial charge is 0.336 e. The van der Waals surface area contributed by atoms with Gasteiger partial charge in [-0.3, -0.25) is 9.69 Å². The van der Waals surface area contributed by atoms with Crippen LogP contribution in [-0.4, -0.2) is 60.5 Å². The summed E-state index contributed by atoms with van der Waals surface area (Å²) in [4.78, 5) is 17.3. The van der Waals surface area contributed by atoms with Crippen molar-refractivity contribution >= 4 is 5.91 Å². The molecule has 4 nitrogen and oxygen atoms in total. The van der Waals surface area contributed by atoms with Crippen molar-refractivity contribution in [3.05, 3.63) is 0 Å². The lowest BCUT2D eigenvalue weighted by atomic mass is 9.93. The van der Waals surface area contributed by atoms with Gasteiger partial charge >= 0.3 is 0 Å². The van der Waals surface area contributed by atoms with Crippen LogP contribution in [0, 0.1) is 0 Å². The lowest BCUT2D eigenvalue weighted by Crippen LogP contribution is -2.51. The molecule has 0 aromatic carbocycles. The van der Waals surface area contributed by atoms with E-state index in [2.05, 4.69) is 36.0 Å². The molecule has 21 heavy (non-hydrogen) atoms. The highest BCUT2D eigenvalue weighted by atomic mass is 16.2. The number of likely N-dealkylation sites (N-methyl/N-ethyl adjacent to an activating group) is 1. The Balaban J connectivity index is 1.91. The second-order valence-corrected chi connectivity index (χ2v) is 7.08. The maximum Gasteiger partial charge on any atom is 0.237 e. The normalized spacial score (nSPS) is 22.0. The van der Waals surface area contributed by atoms with E-state index in [0.717, 1.165) is 25.9 Å². The smallest absolute Gasteiger partial charge is 0.237 e. The molecule has 0 aromatic heterocycles. The minimum absolute atomic E-state index is 0.321. The average Bonchev–Trinajstić information content (AvgIpc) is 2.49. The van der Waals surface area contributed by atoms with E-state index < -0.39 is 0 Å². The molecule has 0 atom stereocenters. The van der Waals surface area contributed by atoms with Gasteiger partial charge in [-0.2, -0.15) is 0 Å². The fourth-order valence-corrected chi connectivity index (χ4v) is 3.94. The number of amides is 1. The van der Waals surface area contributed by atoms with Crippen LogP contribution in [0.25, 0.3) is 0 Å². The van der Waals surface area contributed by atoms with Gasteiger partial charge in [-0.05, 0) is 59.7 Å². The Labute approximate surface area is 130 Å². The first-order valence-electron chi connectivity index (χ1n) is 8.81. The van der Waals surface area contributed by atoms with Gasteiger partial charge in [-0.25, -0.2) is 0 Å². The summed E-state index contributed by atoms with van der Waals surface area (Å²) in [6.45, 7) is 7.08. The fourth-order valence-electron chi connectivity index (χ4n) is 3.94. The number of hydrogen-bond donors (Lipinski definition) is 1. The molecule has 4 heteroatoms. The minimum atomic E-state index is 0.321. The monoisotopic (exact) mass is 295 g/mol. The van der Waals surface area contributed by atoms with E-state index in [1.54, 1.807) is 0 Å². The van der Waals surface area contributed by atoms with E-state index in [0.29, 0.717) is 30.6 Å². The number of nitrogens with zero attached hydrogens (tertiary/aromatic N) is 2. The molecule has 0 bridgehead atoms. The summed E-state index contributed by atoms with van der Waals surface area (Å²) in [6.07, 6.45) is 8.62. The van der Waals surface area contributed by atoms with E-state index in [4.69, 9.17) is 0 Å². The summed E-state index contributed by atoms with van der Waals surface area (Å²) >= 11 is 0. The number of carbonyl (C=O) groups excluding carboxylic acids is 1. The molecule has 1 amide bonds. The third-order valence-corrected chi connectivity index (χ3v) is 5.13. The summed E-state index contributed by atoms with van der Waals surface area (Å²) in [5.74, 6) is 0.331. The molecule has 1 saturated heterocycles. The van der Waals surface area contributed by atoms with Gasteiger partial charge in [0, 0.05) is 18.1 Å². The van der Waals surface area contributed by atoms with Crippen molar-refractivity contribution in [2.45, 2.75) is 76.9 Å². The lowest BCUT2D eigenvalue weighted by molar-refractivity contribution is -0.137. The van der Waals surface area contributed by atoms with Gasteiger partial charge in [0.2, 0.25) is 5.91 Å². The fraction of sp³-hybridized carbons (Fsp3) is 0.941. The van der Waals surface area contributed by atoms with Crippen LogP contribution in [0.15, 0.2) is 0 Å². The minimum Gasteiger partial charge on any atom is -0.336 e. The van der Waals surface area contributed by atoms with Gasteiger partial charge in [0.25, 0.3) is 0 Å². The van der Waals surface area contributed by atoms with E-state index >= 15 is 0 Å². The summed E-state index contributed by atoms with van der Waals surface area (Å²) in [6, 6.07) is 1.37. The van der Waals surface area contributed by atoms with E-state index in [1.807, 2.05) is 0 Å². The zero-order valence-electron chi connectivity index (χ0n) is 14.1. The Morgan fingerprint density at radius 3 is 2.24 bits per heavy atom. The first-order valence-corrected chi connectivity index (χ1v) is 8.81. The van der Waals surface area contributed by atoms with Gasteiger partial charge in [-0.1, -0.05) is 19.3 Å². The molecule has 1 N–H and O–H groups in total. The van der Waals surface area contributed by atoms with Crippen molar-refractivity contribution in [3.63, 3.8) is 0 Å². The van der Waals surface area contributed by atoms with Crippen LogP contribution in [-0.2, 0) is 4.79 Å². The number of nitrogens with one attached hydrogen (secondary N) is 1. The Hall–Kier alpha value is -0.610. The van der Waals surface area contributed by atoms with Crippen molar-refractivity contribution in [2.24, 2.45) is 0 Å². The Kier molecular flexibility index (Phi) is 6.49. The second kappa shape index (κ2) is 8.14. The highest BCUT2D eigenvalue weighted by Gasteiger charge is 2.29. The van der Waals surface area contributed by atoms with Crippen molar-refractivity contribution in [1.82, 2.24) is 15.1 Å². The standard InChI is InChI=1S/C17H33N3O/c1-14(2)20(16-7-5-4-6-8-16)17(21)13-19(3)15-9-11-18-12-10-15/h14-16,18H,4-13H2,1-3H3. The molecule has 2 rings (SSSR count). The highest BCUT2D eigenvalue weighted by molar-refractivity contribution is 5.79. The molecule has 0 radical (unpaired) electrons. The Morgan fingerprint density at radius 2 is 1.67 bits per heavy atom. The molecule has 1 saturated carbocycles. The Bertz CT molecular complexity index is 320. The lowest BCUT2D eigenvalue weighted by Gasteiger charge is -2.39. The zero-order chi connectivity index (χ0) is 15.2. The van der Waals surface area contributed by atoms with E-state index in [1.165, 1.54) is 32.1 Å². The quantitative estimate of drug-likeness (QED) is 0.845. The molecule has 1 heterocycles. The van der Waals surface area contributed by atoms with Crippen LogP contribution in [0.1, 0.15) is 58.8 Å². The summed E-state index contributed by atoms with van der Waals surface area (Å²) in [7, 11) is 2.12. The van der Waals surface area contributed by atoms with Crippen LogP contribution < -0.4 is 5.32 Å². The van der Waals surface area contributed by atoms with Crippen LogP contribution in [0.3, 0.4) is 0 Å². The number of carbonyl (C=O) groups is 1. The topological polar surface area (TPSA) is 35.6 Å². The molecule has 0 unspecified atom stereocenters. The van der Waals surface area contributed by atoms with Crippen LogP contribution in [0.4, 0.5) is 0 Å². The third kappa shape index (κ3) is 4.68. The number of hydrogen-bond acceptors (Lipinski definition) is 3. The SMILES string of the molecule is CC(C)N(C(=O)CN(C)C1CCNCC1)C1CCCCC1. The van der Waals surface area contributed by atoms with Crippen LogP contribution in [0.5, 0.6) is 0 Å². The molecule has 2 aliphatic rings. The van der Waals surface area contributed by atoms with Gasteiger partial charge < -0.3 is 10.2 Å². The molecule has 1 aliphatic carbocycles. The number of rotatable bonds is 5.